The summed E-state index contributed by atoms with van der Waals surface area (Å²) in [5, 5.41) is 13.8. The fourth-order valence-electron chi connectivity index (χ4n) is 5.40. The van der Waals surface area contributed by atoms with Crippen molar-refractivity contribution in [2.24, 2.45) is 11.8 Å². The van der Waals surface area contributed by atoms with Crippen molar-refractivity contribution in [1.82, 2.24) is 10.6 Å². The maximum atomic E-state index is 12.6. The van der Waals surface area contributed by atoms with Crippen molar-refractivity contribution in [2.75, 3.05) is 39.6 Å². The van der Waals surface area contributed by atoms with E-state index in [9.17, 15) is 33.6 Å². The lowest BCUT2D eigenvalue weighted by Crippen LogP contribution is -2.43. The third-order valence-electron chi connectivity index (χ3n) is 8.05. The van der Waals surface area contributed by atoms with E-state index in [1.165, 1.54) is 13.8 Å². The number of carbonyl (C=O) groups excluding carboxylic acids is 6. The average Bonchev–Trinajstić information content (AvgIpc) is 3.38. The van der Waals surface area contributed by atoms with Gasteiger partial charge in [0, 0.05) is 43.6 Å². The summed E-state index contributed by atoms with van der Waals surface area (Å²) in [6, 6.07) is 15.1. The van der Waals surface area contributed by atoms with Crippen molar-refractivity contribution in [1.29, 1.82) is 0 Å². The van der Waals surface area contributed by atoms with Gasteiger partial charge in [0.05, 0.1) is 6.04 Å². The first kappa shape index (κ1) is 38.7. The van der Waals surface area contributed by atoms with E-state index in [2.05, 4.69) is 10.6 Å². The molecule has 0 saturated carbocycles. The number of amides is 2. The molecule has 0 aromatic heterocycles. The predicted octanol–water partition coefficient (Wildman–Crippen LogP) is 2.62. The van der Waals surface area contributed by atoms with Crippen molar-refractivity contribution >= 4 is 41.1 Å². The van der Waals surface area contributed by atoms with E-state index in [-0.39, 0.29) is 69.0 Å². The first-order valence-electron chi connectivity index (χ1n) is 16.2. The molecule has 1 aliphatic carbocycles. The summed E-state index contributed by atoms with van der Waals surface area (Å²) in [6.45, 7) is 3.24. The normalized spacial score (nSPS) is 13.7. The van der Waals surface area contributed by atoms with E-state index in [1.807, 2.05) is 48.5 Å². The second-order valence-electron chi connectivity index (χ2n) is 12.2. The third kappa shape index (κ3) is 12.3. The van der Waals surface area contributed by atoms with Gasteiger partial charge in [0.15, 0.2) is 17.3 Å². The zero-order valence-electron chi connectivity index (χ0n) is 28.0. The molecule has 3 atom stereocenters. The van der Waals surface area contributed by atoms with Crippen molar-refractivity contribution in [3.05, 3.63) is 59.7 Å². The molecule has 3 rings (SSSR count). The van der Waals surface area contributed by atoms with E-state index in [0.717, 1.165) is 22.3 Å². The van der Waals surface area contributed by atoms with Crippen LogP contribution >= 0.6 is 0 Å². The number of carboxylic acids is 1. The maximum Gasteiger partial charge on any atom is 0.332 e. The average molecular weight is 681 g/mol. The molecule has 0 aliphatic heterocycles. The molecule has 2 aromatic rings. The number of hydrogen-bond acceptors (Lipinski definition) is 10. The van der Waals surface area contributed by atoms with Crippen molar-refractivity contribution < 1.29 is 52.9 Å². The minimum Gasteiger partial charge on any atom is -0.480 e. The van der Waals surface area contributed by atoms with Gasteiger partial charge in [-0.3, -0.25) is 24.0 Å². The number of Topliss-reactive ketones (excluding diaryl/α,β-unsaturated/α-hetero) is 3. The van der Waals surface area contributed by atoms with E-state index in [0.29, 0.717) is 6.42 Å². The molecule has 13 heteroatoms. The topological polar surface area (TPSA) is 191 Å². The lowest BCUT2D eigenvalue weighted by molar-refractivity contribution is -0.150. The van der Waals surface area contributed by atoms with Gasteiger partial charge in [0.25, 0.3) is 0 Å². The van der Waals surface area contributed by atoms with Gasteiger partial charge in [-0.1, -0.05) is 62.4 Å². The van der Waals surface area contributed by atoms with Gasteiger partial charge in [0.1, 0.15) is 33.0 Å². The molecule has 0 heterocycles. The van der Waals surface area contributed by atoms with Crippen LogP contribution in [0.4, 0.5) is 0 Å². The van der Waals surface area contributed by atoms with Crippen LogP contribution < -0.4 is 10.6 Å². The number of ketones is 3. The number of rotatable bonds is 22. The summed E-state index contributed by atoms with van der Waals surface area (Å²) in [4.78, 5) is 84.3. The Morgan fingerprint density at radius 3 is 1.94 bits per heavy atom. The number of esters is 1. The van der Waals surface area contributed by atoms with Gasteiger partial charge >= 0.3 is 11.9 Å². The smallest absolute Gasteiger partial charge is 0.332 e. The Labute approximate surface area is 285 Å². The van der Waals surface area contributed by atoms with E-state index < -0.39 is 54.7 Å². The highest BCUT2D eigenvalue weighted by atomic mass is 16.6. The predicted molar refractivity (Wildman–Crippen MR) is 176 cm³/mol. The van der Waals surface area contributed by atoms with E-state index in [1.54, 1.807) is 6.92 Å². The standard InChI is InChI=1S/C36H44N2O11/c1-22(15-26(40)18-47-20-33(42)43)36(46)38-24(3)32(41)16-23(2)35(45)37-14-8-9-25(39)17-48-21-34(44)49-19-31-29-12-6-4-10-27(29)28-11-5-7-13-30(28)31/h4-7,10-13,22-24,31H,8-9,14-21H2,1-3H3,(H,37,45)(H,38,46)(H,42,43). The van der Waals surface area contributed by atoms with Crippen LogP contribution in [0, 0.1) is 11.8 Å². The van der Waals surface area contributed by atoms with Gasteiger partial charge in [-0.25, -0.2) is 9.59 Å². The summed E-state index contributed by atoms with van der Waals surface area (Å²) in [7, 11) is 0. The lowest BCUT2D eigenvalue weighted by atomic mass is 9.98. The minimum atomic E-state index is -1.21. The first-order valence-corrected chi connectivity index (χ1v) is 16.2. The second kappa shape index (κ2) is 19.3. The number of hydrogen-bond donors (Lipinski definition) is 3. The molecule has 0 radical (unpaired) electrons. The van der Waals surface area contributed by atoms with Crippen LogP contribution in [-0.4, -0.2) is 91.8 Å². The van der Waals surface area contributed by atoms with E-state index in [4.69, 9.17) is 19.3 Å². The van der Waals surface area contributed by atoms with Crippen LogP contribution in [0.2, 0.25) is 0 Å². The molecule has 2 amide bonds. The van der Waals surface area contributed by atoms with Crippen LogP contribution in [-0.2, 0) is 47.8 Å². The second-order valence-corrected chi connectivity index (χ2v) is 12.2. The van der Waals surface area contributed by atoms with Crippen LogP contribution in [0.1, 0.15) is 63.5 Å². The molecule has 0 bridgehead atoms. The highest BCUT2D eigenvalue weighted by molar-refractivity contribution is 5.93. The quantitative estimate of drug-likeness (QED) is 0.122. The van der Waals surface area contributed by atoms with Crippen molar-refractivity contribution in [3.8, 4) is 11.1 Å². The summed E-state index contributed by atoms with van der Waals surface area (Å²) < 4.78 is 15.4. The molecule has 2 aromatic carbocycles. The molecule has 13 nitrogen and oxygen atoms in total. The fraction of sp³-hybridized carbons (Fsp3) is 0.472. The van der Waals surface area contributed by atoms with Crippen LogP contribution in [0.3, 0.4) is 0 Å². The van der Waals surface area contributed by atoms with Gasteiger partial charge in [-0.2, -0.15) is 0 Å². The van der Waals surface area contributed by atoms with Crippen LogP contribution in [0.25, 0.3) is 11.1 Å². The number of nitrogens with one attached hydrogen (secondary N) is 2. The molecule has 0 saturated heterocycles. The molecule has 49 heavy (non-hydrogen) atoms. The zero-order chi connectivity index (χ0) is 35.9. The van der Waals surface area contributed by atoms with Gasteiger partial charge in [-0.15, -0.1) is 0 Å². The molecule has 1 aliphatic rings. The lowest BCUT2D eigenvalue weighted by Gasteiger charge is -2.18. The number of aliphatic carboxylic acids is 1. The SMILES string of the molecule is CC(CC(=O)C(C)NC(=O)C(C)CC(=O)COCC(=O)O)C(=O)NCCCC(=O)COCC(=O)OCC1c2ccccc2-c2ccccc21. The largest absolute Gasteiger partial charge is 0.480 e. The highest BCUT2D eigenvalue weighted by Gasteiger charge is 2.29. The Bertz CT molecular complexity index is 1480. The Morgan fingerprint density at radius 2 is 1.31 bits per heavy atom. The maximum absolute atomic E-state index is 12.6. The Kier molecular flexibility index (Phi) is 15.2. The summed E-state index contributed by atoms with van der Waals surface area (Å²) in [5.74, 6) is -5.28. The van der Waals surface area contributed by atoms with Gasteiger partial charge in [0.2, 0.25) is 11.8 Å². The van der Waals surface area contributed by atoms with Crippen LogP contribution in [0.5, 0.6) is 0 Å². The number of carbonyl (C=O) groups is 7. The van der Waals surface area contributed by atoms with Crippen LogP contribution in [0.15, 0.2) is 48.5 Å². The highest BCUT2D eigenvalue weighted by Crippen LogP contribution is 2.44. The zero-order valence-corrected chi connectivity index (χ0v) is 28.0. The summed E-state index contributed by atoms with van der Waals surface area (Å²) in [6.07, 6.45) is 0.141. The molecular weight excluding hydrogens is 636 g/mol. The first-order chi connectivity index (χ1) is 23.4. The molecule has 264 valence electrons. The monoisotopic (exact) mass is 680 g/mol. The molecule has 0 spiro atoms. The summed E-state index contributed by atoms with van der Waals surface area (Å²) >= 11 is 0. The fourth-order valence-corrected chi connectivity index (χ4v) is 5.40. The van der Waals surface area contributed by atoms with Crippen molar-refractivity contribution in [2.45, 2.75) is 58.4 Å². The molecule has 0 fully saturated rings. The number of fused-ring (bicyclic) bond motifs is 3. The molecule has 3 N–H and O–H groups in total. The Morgan fingerprint density at radius 1 is 0.735 bits per heavy atom. The molecule has 3 unspecified atom stereocenters. The minimum absolute atomic E-state index is 0.0726. The number of carboxylic acid groups (broad SMARTS) is 1. The number of benzene rings is 2. The van der Waals surface area contributed by atoms with Gasteiger partial charge < -0.3 is 30.0 Å². The third-order valence-corrected chi connectivity index (χ3v) is 8.05. The van der Waals surface area contributed by atoms with Gasteiger partial charge in [-0.05, 0) is 35.6 Å². The van der Waals surface area contributed by atoms with E-state index >= 15 is 0 Å². The summed E-state index contributed by atoms with van der Waals surface area (Å²) in [5.41, 5.74) is 4.44. The molecular formula is C36H44N2O11. The van der Waals surface area contributed by atoms with Crippen molar-refractivity contribution in [3.63, 3.8) is 0 Å². The Balaban J connectivity index is 1.26. The Hall–Kier alpha value is -4.75. The number of ether oxygens (including phenoxy) is 3.